The third kappa shape index (κ3) is 5.20. The molecule has 0 spiro atoms. The Hall–Kier alpha value is -0.200. The van der Waals surface area contributed by atoms with Crippen molar-refractivity contribution >= 4 is 23.2 Å². The number of hydrogen-bond acceptors (Lipinski definition) is 0. The van der Waals surface area contributed by atoms with Gasteiger partial charge in [0.15, 0.2) is 0 Å². The topological polar surface area (TPSA) is 0 Å². The maximum atomic E-state index is 6.09. The summed E-state index contributed by atoms with van der Waals surface area (Å²) in [7, 11) is 0. The Balaban J connectivity index is 2.47. The zero-order chi connectivity index (χ0) is 13.4. The van der Waals surface area contributed by atoms with Gasteiger partial charge >= 0.3 is 0 Å². The predicted molar refractivity (Wildman–Crippen MR) is 82.9 cm³/mol. The second kappa shape index (κ2) is 8.82. The Morgan fingerprint density at radius 3 is 2.28 bits per heavy atom. The van der Waals surface area contributed by atoms with Gasteiger partial charge in [0, 0.05) is 0 Å². The van der Waals surface area contributed by atoms with Crippen LogP contribution >= 0.6 is 23.2 Å². The van der Waals surface area contributed by atoms with Crippen LogP contribution in [0.2, 0.25) is 10.0 Å². The average molecular weight is 287 g/mol. The molecule has 0 amide bonds. The molecule has 0 aromatic heterocycles. The summed E-state index contributed by atoms with van der Waals surface area (Å²) in [6.45, 7) is 4.50. The third-order valence-electron chi connectivity index (χ3n) is 3.56. The first-order valence-electron chi connectivity index (χ1n) is 7.14. The summed E-state index contributed by atoms with van der Waals surface area (Å²) in [6, 6.07) is 6.07. The molecule has 0 bridgehead atoms. The summed E-state index contributed by atoms with van der Waals surface area (Å²) in [5.41, 5.74) is 1.34. The average Bonchev–Trinajstić information content (AvgIpc) is 2.37. The van der Waals surface area contributed by atoms with E-state index in [1.807, 2.05) is 12.1 Å². The Kier molecular flexibility index (Phi) is 7.77. The van der Waals surface area contributed by atoms with Crippen LogP contribution in [0.1, 0.15) is 70.3 Å². The van der Waals surface area contributed by atoms with Crippen molar-refractivity contribution in [2.75, 3.05) is 0 Å². The lowest BCUT2D eigenvalue weighted by Crippen LogP contribution is -1.97. The van der Waals surface area contributed by atoms with E-state index < -0.39 is 0 Å². The summed E-state index contributed by atoms with van der Waals surface area (Å²) in [5, 5.41) is 1.33. The Labute approximate surface area is 122 Å². The highest BCUT2D eigenvalue weighted by Crippen LogP contribution is 2.31. The lowest BCUT2D eigenvalue weighted by Gasteiger charge is -2.16. The summed E-state index contributed by atoms with van der Waals surface area (Å²) in [5.74, 6) is 0.626. The molecule has 0 aliphatic heterocycles. The Bertz CT molecular complexity index is 347. The quantitative estimate of drug-likeness (QED) is 0.459. The molecule has 0 fully saturated rings. The fourth-order valence-electron chi connectivity index (χ4n) is 2.37. The van der Waals surface area contributed by atoms with Gasteiger partial charge in [0.1, 0.15) is 0 Å². The lowest BCUT2D eigenvalue weighted by atomic mass is 9.91. The zero-order valence-electron chi connectivity index (χ0n) is 11.5. The molecule has 0 N–H and O–H groups in total. The maximum absolute atomic E-state index is 6.09. The van der Waals surface area contributed by atoms with Crippen LogP contribution in [0.5, 0.6) is 0 Å². The highest BCUT2D eigenvalue weighted by molar-refractivity contribution is 6.42. The standard InChI is InChI=1S/C16H24Cl2/c1-3-5-6-7-8-9-13(4-2)14-10-11-15(17)16(18)12-14/h10-13H,3-9H2,1-2H3. The number of hydrogen-bond donors (Lipinski definition) is 0. The SMILES string of the molecule is CCCCCCCC(CC)c1ccc(Cl)c(Cl)c1. The van der Waals surface area contributed by atoms with E-state index in [0.717, 1.165) is 0 Å². The minimum Gasteiger partial charge on any atom is -0.0827 e. The van der Waals surface area contributed by atoms with Gasteiger partial charge in [-0.15, -0.1) is 0 Å². The molecule has 1 unspecified atom stereocenters. The molecule has 102 valence electrons. The van der Waals surface area contributed by atoms with Gasteiger partial charge in [-0.2, -0.15) is 0 Å². The monoisotopic (exact) mass is 286 g/mol. The van der Waals surface area contributed by atoms with Crippen LogP contribution in [-0.2, 0) is 0 Å². The van der Waals surface area contributed by atoms with Crippen LogP contribution in [0, 0.1) is 0 Å². The first kappa shape index (κ1) is 15.9. The number of halogens is 2. The van der Waals surface area contributed by atoms with Gasteiger partial charge in [0.2, 0.25) is 0 Å². The van der Waals surface area contributed by atoms with Gasteiger partial charge in [0.25, 0.3) is 0 Å². The van der Waals surface area contributed by atoms with Crippen molar-refractivity contribution < 1.29 is 0 Å². The van der Waals surface area contributed by atoms with Crippen molar-refractivity contribution in [3.8, 4) is 0 Å². The predicted octanol–water partition coefficient (Wildman–Crippen LogP) is 6.85. The molecular formula is C16H24Cl2. The van der Waals surface area contributed by atoms with Gasteiger partial charge < -0.3 is 0 Å². The van der Waals surface area contributed by atoms with E-state index in [4.69, 9.17) is 23.2 Å². The fraction of sp³-hybridized carbons (Fsp3) is 0.625. The van der Waals surface area contributed by atoms with Gasteiger partial charge in [-0.3, -0.25) is 0 Å². The first-order chi connectivity index (χ1) is 8.69. The highest BCUT2D eigenvalue weighted by Gasteiger charge is 2.10. The van der Waals surface area contributed by atoms with Gasteiger partial charge in [-0.05, 0) is 36.5 Å². The summed E-state index contributed by atoms with van der Waals surface area (Å²) < 4.78 is 0. The molecule has 1 aromatic rings. The van der Waals surface area contributed by atoms with Crippen molar-refractivity contribution in [2.24, 2.45) is 0 Å². The smallest absolute Gasteiger partial charge is 0.0595 e. The zero-order valence-corrected chi connectivity index (χ0v) is 13.0. The van der Waals surface area contributed by atoms with E-state index in [-0.39, 0.29) is 0 Å². The van der Waals surface area contributed by atoms with Crippen molar-refractivity contribution in [2.45, 2.75) is 64.7 Å². The largest absolute Gasteiger partial charge is 0.0827 e. The van der Waals surface area contributed by atoms with Crippen LogP contribution in [0.25, 0.3) is 0 Å². The van der Waals surface area contributed by atoms with E-state index in [1.165, 1.54) is 50.5 Å². The van der Waals surface area contributed by atoms with E-state index in [9.17, 15) is 0 Å². The van der Waals surface area contributed by atoms with Crippen molar-refractivity contribution in [1.29, 1.82) is 0 Å². The van der Waals surface area contributed by atoms with Gasteiger partial charge in [-0.1, -0.05) is 75.2 Å². The molecule has 0 aliphatic carbocycles. The molecule has 0 nitrogen and oxygen atoms in total. The molecule has 0 aliphatic rings. The van der Waals surface area contributed by atoms with Crippen LogP contribution in [0.4, 0.5) is 0 Å². The van der Waals surface area contributed by atoms with Crippen molar-refractivity contribution in [1.82, 2.24) is 0 Å². The van der Waals surface area contributed by atoms with Crippen LogP contribution < -0.4 is 0 Å². The molecule has 0 saturated carbocycles. The first-order valence-corrected chi connectivity index (χ1v) is 7.89. The second-order valence-electron chi connectivity index (χ2n) is 4.98. The fourth-order valence-corrected chi connectivity index (χ4v) is 2.67. The summed E-state index contributed by atoms with van der Waals surface area (Å²) >= 11 is 12.0. The number of rotatable bonds is 8. The lowest BCUT2D eigenvalue weighted by molar-refractivity contribution is 0.535. The highest BCUT2D eigenvalue weighted by atomic mass is 35.5. The van der Waals surface area contributed by atoms with Crippen molar-refractivity contribution in [3.63, 3.8) is 0 Å². The second-order valence-corrected chi connectivity index (χ2v) is 5.80. The van der Waals surface area contributed by atoms with E-state index in [2.05, 4.69) is 19.9 Å². The molecule has 18 heavy (non-hydrogen) atoms. The molecule has 2 heteroatoms. The van der Waals surface area contributed by atoms with Gasteiger partial charge in [0.05, 0.1) is 10.0 Å². The molecule has 0 saturated heterocycles. The summed E-state index contributed by atoms with van der Waals surface area (Å²) in [4.78, 5) is 0. The summed E-state index contributed by atoms with van der Waals surface area (Å²) in [6.07, 6.45) is 9.15. The Morgan fingerprint density at radius 2 is 1.67 bits per heavy atom. The van der Waals surface area contributed by atoms with E-state index in [1.54, 1.807) is 0 Å². The molecule has 1 aromatic carbocycles. The molecule has 1 atom stereocenters. The minimum atomic E-state index is 0.626. The molecule has 0 heterocycles. The van der Waals surface area contributed by atoms with Crippen molar-refractivity contribution in [3.05, 3.63) is 33.8 Å². The van der Waals surface area contributed by atoms with E-state index in [0.29, 0.717) is 16.0 Å². The Morgan fingerprint density at radius 1 is 0.944 bits per heavy atom. The third-order valence-corrected chi connectivity index (χ3v) is 4.30. The van der Waals surface area contributed by atoms with Gasteiger partial charge in [-0.25, -0.2) is 0 Å². The normalized spacial score (nSPS) is 12.7. The van der Waals surface area contributed by atoms with Crippen LogP contribution in [-0.4, -0.2) is 0 Å². The van der Waals surface area contributed by atoms with E-state index >= 15 is 0 Å². The van der Waals surface area contributed by atoms with Crippen LogP contribution in [0.3, 0.4) is 0 Å². The maximum Gasteiger partial charge on any atom is 0.0595 e. The minimum absolute atomic E-state index is 0.626. The number of unbranched alkanes of at least 4 members (excludes halogenated alkanes) is 4. The molecule has 0 radical (unpaired) electrons. The van der Waals surface area contributed by atoms with Crippen LogP contribution in [0.15, 0.2) is 18.2 Å². The number of benzene rings is 1. The molecule has 1 rings (SSSR count). The molecular weight excluding hydrogens is 263 g/mol.